The molecule has 15 heteroatoms. The number of hydrogen-bond donors (Lipinski definition) is 1. The Hall–Kier alpha value is -1.97. The molecule has 184 valence electrons. The fourth-order valence-electron chi connectivity index (χ4n) is 2.93. The molecule has 0 saturated carbocycles. The van der Waals surface area contributed by atoms with Crippen LogP contribution in [0.3, 0.4) is 0 Å². The van der Waals surface area contributed by atoms with Crippen LogP contribution in [0.15, 0.2) is 22.7 Å². The van der Waals surface area contributed by atoms with Crippen LogP contribution >= 0.6 is 27.5 Å². The smallest absolute Gasteiger partial charge is 0.397 e. The normalized spacial score (nSPS) is 25.1. The number of rotatable bonds is 8. The maximum Gasteiger partial charge on any atom is 0.397 e. The van der Waals surface area contributed by atoms with Gasteiger partial charge in [-0.25, -0.2) is 4.18 Å². The summed E-state index contributed by atoms with van der Waals surface area (Å²) in [6.07, 6.45) is -7.46. The highest BCUT2D eigenvalue weighted by Crippen LogP contribution is 2.34. The van der Waals surface area contributed by atoms with Crippen LogP contribution < -0.4 is 4.74 Å². The van der Waals surface area contributed by atoms with Gasteiger partial charge in [-0.15, -0.1) is 0 Å². The number of esters is 3. The Labute approximate surface area is 202 Å². The molecule has 1 aromatic rings. The predicted octanol–water partition coefficient (Wildman–Crippen LogP) is 1.82. The molecule has 0 unspecified atom stereocenters. The van der Waals surface area contributed by atoms with Gasteiger partial charge in [-0.05, 0) is 18.2 Å². The minimum Gasteiger partial charge on any atom is -0.459 e. The largest absolute Gasteiger partial charge is 0.459 e. The standard InChI is InChI=1S/C18H20BrClO12S/c1-8(21)28-15-14(7-27-33(24,25)26)32-18(31-13-5-4-11(19)6-12(13)20)17(30-10(3)23)16(15)29-9(2)22/h4-6,14-18H,7H2,1-3H3,(H,24,25,26)/t14-,15-,16+,17-,18-/m1/s1. The van der Waals surface area contributed by atoms with Crippen molar-refractivity contribution in [2.24, 2.45) is 0 Å². The van der Waals surface area contributed by atoms with Gasteiger partial charge in [0.15, 0.2) is 12.2 Å². The summed E-state index contributed by atoms with van der Waals surface area (Å²) in [5.41, 5.74) is 0. The van der Waals surface area contributed by atoms with Crippen LogP contribution in [0.25, 0.3) is 0 Å². The highest BCUT2D eigenvalue weighted by molar-refractivity contribution is 9.10. The predicted molar refractivity (Wildman–Crippen MR) is 113 cm³/mol. The van der Waals surface area contributed by atoms with Crippen LogP contribution in [0, 0.1) is 0 Å². The lowest BCUT2D eigenvalue weighted by Gasteiger charge is -2.43. The molecule has 5 atom stereocenters. The van der Waals surface area contributed by atoms with E-state index in [9.17, 15) is 22.8 Å². The molecule has 0 radical (unpaired) electrons. The first kappa shape index (κ1) is 27.3. The third-order valence-corrected chi connectivity index (χ3v) is 5.24. The van der Waals surface area contributed by atoms with Gasteiger partial charge in [-0.3, -0.25) is 18.9 Å². The van der Waals surface area contributed by atoms with E-state index in [-0.39, 0.29) is 10.8 Å². The first-order chi connectivity index (χ1) is 15.3. The summed E-state index contributed by atoms with van der Waals surface area (Å²) in [6, 6.07) is 4.56. The van der Waals surface area contributed by atoms with Gasteiger partial charge in [-0.1, -0.05) is 27.5 Å². The molecule has 0 amide bonds. The van der Waals surface area contributed by atoms with E-state index in [0.29, 0.717) is 4.47 Å². The van der Waals surface area contributed by atoms with Crippen LogP contribution in [-0.4, -0.2) is 68.2 Å². The molecule has 0 spiro atoms. The number of benzene rings is 1. The highest BCUT2D eigenvalue weighted by atomic mass is 79.9. The molecule has 1 aliphatic heterocycles. The minimum absolute atomic E-state index is 0.0731. The molecule has 0 aliphatic carbocycles. The summed E-state index contributed by atoms with van der Waals surface area (Å²) < 4.78 is 63.1. The van der Waals surface area contributed by atoms with E-state index in [4.69, 9.17) is 39.8 Å². The van der Waals surface area contributed by atoms with Gasteiger partial charge in [0.25, 0.3) is 0 Å². The summed E-state index contributed by atoms with van der Waals surface area (Å²) in [5.74, 6) is -2.44. The zero-order valence-electron chi connectivity index (χ0n) is 17.4. The molecule has 33 heavy (non-hydrogen) atoms. The first-order valence-electron chi connectivity index (χ1n) is 9.17. The van der Waals surface area contributed by atoms with Gasteiger partial charge in [0.2, 0.25) is 12.4 Å². The molecular weight excluding hydrogens is 556 g/mol. The molecule has 1 aromatic carbocycles. The van der Waals surface area contributed by atoms with Gasteiger partial charge < -0.3 is 23.7 Å². The van der Waals surface area contributed by atoms with E-state index in [0.717, 1.165) is 20.8 Å². The highest BCUT2D eigenvalue weighted by Gasteiger charge is 2.53. The van der Waals surface area contributed by atoms with Crippen molar-refractivity contribution in [1.29, 1.82) is 0 Å². The summed E-state index contributed by atoms with van der Waals surface area (Å²) in [6.45, 7) is 2.30. The SMILES string of the molecule is CC(=O)O[C@@H]1[C@@H](OC(C)=O)[C@H](Oc2ccc(Br)cc2Cl)O[C@H](COS(=O)(=O)O)[C@H]1OC(C)=O. The Morgan fingerprint density at radius 3 is 2.09 bits per heavy atom. The summed E-state index contributed by atoms with van der Waals surface area (Å²) in [5, 5.41) is 0.131. The zero-order chi connectivity index (χ0) is 24.9. The van der Waals surface area contributed by atoms with E-state index in [2.05, 4.69) is 20.1 Å². The quantitative estimate of drug-likeness (QED) is 0.272. The number of halogens is 2. The van der Waals surface area contributed by atoms with Gasteiger partial charge in [0.05, 0.1) is 11.6 Å². The molecular formula is C18H20BrClO12S. The van der Waals surface area contributed by atoms with Crippen molar-refractivity contribution >= 4 is 55.8 Å². The number of carbonyl (C=O) groups excluding carboxylic acids is 3. The van der Waals surface area contributed by atoms with Crippen molar-refractivity contribution in [2.45, 2.75) is 51.5 Å². The van der Waals surface area contributed by atoms with E-state index in [1.165, 1.54) is 12.1 Å². The van der Waals surface area contributed by atoms with E-state index in [1.54, 1.807) is 6.07 Å². The fraction of sp³-hybridized carbons (Fsp3) is 0.500. The van der Waals surface area contributed by atoms with Crippen LogP contribution in [0.4, 0.5) is 0 Å². The van der Waals surface area contributed by atoms with Gasteiger partial charge in [0, 0.05) is 25.2 Å². The van der Waals surface area contributed by atoms with Crippen LogP contribution in [0.1, 0.15) is 20.8 Å². The molecule has 1 saturated heterocycles. The lowest BCUT2D eigenvalue weighted by atomic mass is 9.98. The number of ether oxygens (including phenoxy) is 5. The maximum atomic E-state index is 11.8. The minimum atomic E-state index is -4.92. The average molecular weight is 576 g/mol. The Bertz CT molecular complexity index is 1000. The Morgan fingerprint density at radius 1 is 1.03 bits per heavy atom. The molecule has 1 aliphatic rings. The zero-order valence-corrected chi connectivity index (χ0v) is 20.6. The molecule has 0 aromatic heterocycles. The summed E-state index contributed by atoms with van der Waals surface area (Å²) in [4.78, 5) is 35.2. The molecule has 1 fully saturated rings. The van der Waals surface area contributed by atoms with Crippen molar-refractivity contribution in [3.8, 4) is 5.75 Å². The van der Waals surface area contributed by atoms with E-state index < -0.39 is 65.6 Å². The Balaban J connectivity index is 2.50. The third-order valence-electron chi connectivity index (χ3n) is 4.02. The third kappa shape index (κ3) is 8.39. The number of hydrogen-bond acceptors (Lipinski definition) is 11. The van der Waals surface area contributed by atoms with Crippen molar-refractivity contribution < 1.29 is 55.2 Å². The molecule has 1 N–H and O–H groups in total. The number of carbonyl (C=O) groups is 3. The van der Waals surface area contributed by atoms with Crippen LogP contribution in [0.2, 0.25) is 5.02 Å². The molecule has 12 nitrogen and oxygen atoms in total. The molecule has 2 rings (SSSR count). The fourth-order valence-corrected chi connectivity index (χ4v) is 3.96. The van der Waals surface area contributed by atoms with Gasteiger partial charge in [0.1, 0.15) is 11.9 Å². The van der Waals surface area contributed by atoms with Crippen molar-refractivity contribution in [3.05, 3.63) is 27.7 Å². The summed E-state index contributed by atoms with van der Waals surface area (Å²) >= 11 is 9.41. The monoisotopic (exact) mass is 574 g/mol. The second-order valence-electron chi connectivity index (χ2n) is 6.67. The van der Waals surface area contributed by atoms with Gasteiger partial charge in [-0.2, -0.15) is 8.42 Å². The van der Waals surface area contributed by atoms with Crippen molar-refractivity contribution in [2.75, 3.05) is 6.61 Å². The topological polar surface area (TPSA) is 161 Å². The summed E-state index contributed by atoms with van der Waals surface area (Å²) in [7, 11) is -4.92. The van der Waals surface area contributed by atoms with Crippen molar-refractivity contribution in [1.82, 2.24) is 0 Å². The molecule has 1 heterocycles. The van der Waals surface area contributed by atoms with Gasteiger partial charge >= 0.3 is 28.3 Å². The van der Waals surface area contributed by atoms with E-state index in [1.807, 2.05) is 0 Å². The Morgan fingerprint density at radius 2 is 1.58 bits per heavy atom. The second-order valence-corrected chi connectivity index (χ2v) is 9.08. The lowest BCUT2D eigenvalue weighted by Crippen LogP contribution is -2.63. The lowest BCUT2D eigenvalue weighted by molar-refractivity contribution is -0.286. The average Bonchev–Trinajstić information content (AvgIpc) is 2.65. The maximum absolute atomic E-state index is 11.8. The van der Waals surface area contributed by atoms with Crippen LogP contribution in [0.5, 0.6) is 5.75 Å². The van der Waals surface area contributed by atoms with E-state index >= 15 is 0 Å². The second kappa shape index (κ2) is 11.4. The first-order valence-corrected chi connectivity index (χ1v) is 11.7. The van der Waals surface area contributed by atoms with Crippen molar-refractivity contribution in [3.63, 3.8) is 0 Å². The Kier molecular flexibility index (Phi) is 9.46. The molecule has 0 bridgehead atoms. The van der Waals surface area contributed by atoms with Crippen LogP contribution in [-0.2, 0) is 47.9 Å².